The number of benzene rings is 1. The van der Waals surface area contributed by atoms with Crippen molar-refractivity contribution >= 4 is 35.0 Å². The molecule has 0 saturated carbocycles. The van der Waals surface area contributed by atoms with Gasteiger partial charge in [0.15, 0.2) is 0 Å². The van der Waals surface area contributed by atoms with Crippen molar-refractivity contribution in [3.05, 3.63) is 32.9 Å². The molecule has 70 valence electrons. The number of amides is 2. The van der Waals surface area contributed by atoms with Crippen LogP contribution in [0.25, 0.3) is 0 Å². The standard InChI is InChI=1S/C8H2Cl2N2O2/c9-3-1-4(10)6-5(2-3)11-7(13)8(14)12-6/h1-2H. The fraction of sp³-hybridized carbons (Fsp3) is 0. The van der Waals surface area contributed by atoms with Gasteiger partial charge in [0.1, 0.15) is 5.36 Å². The van der Waals surface area contributed by atoms with E-state index < -0.39 is 11.8 Å². The summed E-state index contributed by atoms with van der Waals surface area (Å²) in [5.74, 6) is -1.82. The predicted molar refractivity (Wildman–Crippen MR) is 48.8 cm³/mol. The van der Waals surface area contributed by atoms with E-state index in [1.807, 2.05) is 0 Å². The van der Waals surface area contributed by atoms with Crippen molar-refractivity contribution in [3.63, 3.8) is 0 Å². The van der Waals surface area contributed by atoms with Crippen molar-refractivity contribution < 1.29 is 9.59 Å². The first-order valence-corrected chi connectivity index (χ1v) is 4.34. The van der Waals surface area contributed by atoms with Gasteiger partial charge in [-0.1, -0.05) is 23.2 Å². The topological polar surface area (TPSA) is 58.9 Å². The number of carbonyl (C=O) groups excluding carboxylic acids is 2. The summed E-state index contributed by atoms with van der Waals surface area (Å²) in [7, 11) is 0. The predicted octanol–water partition coefficient (Wildman–Crippen LogP) is 0.299. The van der Waals surface area contributed by atoms with Gasteiger partial charge in [-0.25, -0.2) is 9.98 Å². The van der Waals surface area contributed by atoms with E-state index >= 15 is 0 Å². The van der Waals surface area contributed by atoms with Gasteiger partial charge in [-0.15, -0.1) is 0 Å². The van der Waals surface area contributed by atoms with Crippen LogP contribution in [0.5, 0.6) is 0 Å². The molecule has 0 bridgehead atoms. The molecule has 0 radical (unpaired) electrons. The molecule has 0 fully saturated rings. The van der Waals surface area contributed by atoms with E-state index in [0.29, 0.717) is 5.02 Å². The van der Waals surface area contributed by atoms with Gasteiger partial charge in [-0.2, -0.15) is 0 Å². The summed E-state index contributed by atoms with van der Waals surface area (Å²) in [6.07, 6.45) is 0. The minimum absolute atomic E-state index is 0.195. The van der Waals surface area contributed by atoms with Crippen LogP contribution in [0.4, 0.5) is 0 Å². The molecule has 0 atom stereocenters. The molecule has 0 unspecified atom stereocenters. The Bertz CT molecular complexity index is 565. The summed E-state index contributed by atoms with van der Waals surface area (Å²) in [4.78, 5) is 28.8. The lowest BCUT2D eigenvalue weighted by Crippen LogP contribution is -2.35. The van der Waals surface area contributed by atoms with Crippen molar-refractivity contribution in [2.24, 2.45) is 9.98 Å². The molecule has 0 aromatic heterocycles. The Morgan fingerprint density at radius 3 is 2.36 bits per heavy atom. The van der Waals surface area contributed by atoms with Crippen LogP contribution < -0.4 is 10.7 Å². The van der Waals surface area contributed by atoms with Gasteiger partial charge in [0, 0.05) is 5.02 Å². The van der Waals surface area contributed by atoms with E-state index in [1.165, 1.54) is 12.1 Å². The van der Waals surface area contributed by atoms with Crippen LogP contribution in [-0.4, -0.2) is 11.8 Å². The first kappa shape index (κ1) is 9.30. The highest BCUT2D eigenvalue weighted by atomic mass is 35.5. The maximum Gasteiger partial charge on any atom is 0.338 e. The number of hydrogen-bond donors (Lipinski definition) is 0. The van der Waals surface area contributed by atoms with Crippen molar-refractivity contribution in [3.8, 4) is 0 Å². The Morgan fingerprint density at radius 1 is 1.00 bits per heavy atom. The lowest BCUT2D eigenvalue weighted by molar-refractivity contribution is -0.135. The van der Waals surface area contributed by atoms with Gasteiger partial charge < -0.3 is 0 Å². The average molecular weight is 229 g/mol. The molecule has 1 aromatic carbocycles. The summed E-state index contributed by atoms with van der Waals surface area (Å²) in [5.41, 5.74) is 0. The SMILES string of the molecule is O=C1N=c2cc(Cl)cc(Cl)c2=NC1=O. The zero-order chi connectivity index (χ0) is 10.3. The molecule has 2 rings (SSSR count). The number of fused-ring (bicyclic) bond motifs is 1. The van der Waals surface area contributed by atoms with Crippen LogP contribution >= 0.6 is 23.2 Å². The van der Waals surface area contributed by atoms with Crippen LogP contribution in [0.1, 0.15) is 0 Å². The van der Waals surface area contributed by atoms with Crippen LogP contribution in [0.2, 0.25) is 10.0 Å². The van der Waals surface area contributed by atoms with E-state index in [1.54, 1.807) is 0 Å². The lowest BCUT2D eigenvalue weighted by Gasteiger charge is -1.99. The number of carbonyl (C=O) groups is 2. The first-order chi connectivity index (χ1) is 6.58. The zero-order valence-corrected chi connectivity index (χ0v) is 8.13. The second-order valence-electron chi connectivity index (χ2n) is 2.59. The first-order valence-electron chi connectivity index (χ1n) is 3.59. The Kier molecular flexibility index (Phi) is 2.09. The lowest BCUT2D eigenvalue weighted by atomic mass is 10.3. The molecule has 1 aromatic rings. The number of hydrogen-bond acceptors (Lipinski definition) is 2. The van der Waals surface area contributed by atoms with Gasteiger partial charge >= 0.3 is 11.8 Å². The summed E-state index contributed by atoms with van der Waals surface area (Å²) >= 11 is 11.4. The Morgan fingerprint density at radius 2 is 1.64 bits per heavy atom. The molecule has 1 heterocycles. The minimum atomic E-state index is -0.915. The number of rotatable bonds is 0. The quantitative estimate of drug-likeness (QED) is 0.600. The normalized spacial score (nSPS) is 14.4. The van der Waals surface area contributed by atoms with E-state index in [0.717, 1.165) is 0 Å². The summed E-state index contributed by atoms with van der Waals surface area (Å²) in [6, 6.07) is 2.86. The van der Waals surface area contributed by atoms with Crippen molar-refractivity contribution in [2.45, 2.75) is 0 Å². The van der Waals surface area contributed by atoms with E-state index in [4.69, 9.17) is 23.2 Å². The van der Waals surface area contributed by atoms with Crippen LogP contribution in [0.3, 0.4) is 0 Å². The molecule has 0 aliphatic carbocycles. The van der Waals surface area contributed by atoms with Gasteiger partial charge in [-0.05, 0) is 12.1 Å². The van der Waals surface area contributed by atoms with Crippen molar-refractivity contribution in [1.29, 1.82) is 0 Å². The van der Waals surface area contributed by atoms with Crippen molar-refractivity contribution in [2.75, 3.05) is 0 Å². The molecule has 0 saturated heterocycles. The minimum Gasteiger partial charge on any atom is -0.261 e. The molecule has 1 aliphatic heterocycles. The molecule has 0 spiro atoms. The smallest absolute Gasteiger partial charge is 0.261 e. The van der Waals surface area contributed by atoms with Crippen molar-refractivity contribution in [1.82, 2.24) is 0 Å². The maximum absolute atomic E-state index is 10.9. The average Bonchev–Trinajstić information content (AvgIpc) is 2.08. The highest BCUT2D eigenvalue weighted by Gasteiger charge is 2.16. The van der Waals surface area contributed by atoms with Gasteiger partial charge in [0.05, 0.1) is 10.4 Å². The second-order valence-corrected chi connectivity index (χ2v) is 3.43. The second kappa shape index (κ2) is 3.15. The van der Waals surface area contributed by atoms with Crippen LogP contribution in [0, 0.1) is 0 Å². The fourth-order valence-corrected chi connectivity index (χ4v) is 1.58. The number of nitrogens with zero attached hydrogens (tertiary/aromatic N) is 2. The van der Waals surface area contributed by atoms with Crippen LogP contribution in [-0.2, 0) is 9.59 Å². The van der Waals surface area contributed by atoms with Gasteiger partial charge in [-0.3, -0.25) is 9.59 Å². The zero-order valence-electron chi connectivity index (χ0n) is 6.62. The molecular formula is C8H2Cl2N2O2. The summed E-state index contributed by atoms with van der Waals surface area (Å²) in [6.45, 7) is 0. The largest absolute Gasteiger partial charge is 0.338 e. The molecule has 14 heavy (non-hydrogen) atoms. The Balaban J connectivity index is 2.92. The maximum atomic E-state index is 10.9. The third-order valence-electron chi connectivity index (χ3n) is 1.63. The molecular weight excluding hydrogens is 227 g/mol. The third-order valence-corrected chi connectivity index (χ3v) is 2.13. The highest BCUT2D eigenvalue weighted by molar-refractivity contribution is 6.37. The molecule has 6 heteroatoms. The summed E-state index contributed by atoms with van der Waals surface area (Å²) in [5, 5.41) is 0.972. The van der Waals surface area contributed by atoms with Gasteiger partial charge in [0.2, 0.25) is 0 Å². The fourth-order valence-electron chi connectivity index (χ4n) is 1.05. The Hall–Kier alpha value is -1.26. The van der Waals surface area contributed by atoms with E-state index in [9.17, 15) is 9.59 Å². The summed E-state index contributed by atoms with van der Waals surface area (Å²) < 4.78 is 0. The van der Waals surface area contributed by atoms with Crippen LogP contribution in [0.15, 0.2) is 22.1 Å². The van der Waals surface area contributed by atoms with E-state index in [2.05, 4.69) is 9.98 Å². The highest BCUT2D eigenvalue weighted by Crippen LogP contribution is 2.09. The monoisotopic (exact) mass is 228 g/mol. The third kappa shape index (κ3) is 1.42. The van der Waals surface area contributed by atoms with Gasteiger partial charge in [0.25, 0.3) is 0 Å². The van der Waals surface area contributed by atoms with E-state index in [-0.39, 0.29) is 15.7 Å². The molecule has 2 amide bonds. The molecule has 1 aliphatic rings. The number of halogens is 2. The molecule has 0 N–H and O–H groups in total. The molecule has 4 nitrogen and oxygen atoms in total. The Labute approximate surface area is 87.9 Å².